The molecule has 1 rings (SSSR count). The first-order valence-corrected chi connectivity index (χ1v) is 15.4. The van der Waals surface area contributed by atoms with Crippen LogP contribution in [0.15, 0.2) is 17.1 Å². The van der Waals surface area contributed by atoms with E-state index in [1.807, 2.05) is 0 Å². The van der Waals surface area contributed by atoms with Gasteiger partial charge in [0.1, 0.15) is 6.54 Å². The van der Waals surface area contributed by atoms with Crippen molar-refractivity contribution in [1.29, 1.82) is 0 Å². The van der Waals surface area contributed by atoms with Crippen molar-refractivity contribution in [1.82, 2.24) is 0 Å². The van der Waals surface area contributed by atoms with Crippen molar-refractivity contribution in [2.75, 3.05) is 13.2 Å². The third-order valence-electron chi connectivity index (χ3n) is 6.62. The summed E-state index contributed by atoms with van der Waals surface area (Å²) in [7, 11) is 0. The van der Waals surface area contributed by atoms with Gasteiger partial charge in [-0.15, -0.1) is 0 Å². The quantitative estimate of drug-likeness (QED) is 0.0978. The maximum atomic E-state index is 5.78. The van der Waals surface area contributed by atoms with Crippen LogP contribution < -0.4 is 4.57 Å². The lowest BCUT2D eigenvalue weighted by Crippen LogP contribution is -2.29. The Balaban J connectivity index is 1.62. The molecule has 0 atom stereocenters. The maximum absolute atomic E-state index is 5.78. The third-order valence-corrected chi connectivity index (χ3v) is 7.30. The fraction of sp³-hybridized carbons (Fsp3) is 0.897. The van der Waals surface area contributed by atoms with Crippen LogP contribution >= 0.6 is 11.3 Å². The second-order valence-electron chi connectivity index (χ2n) is 9.80. The number of ether oxygens (including phenoxy) is 1. The molecule has 0 aliphatic carbocycles. The minimum Gasteiger partial charge on any atom is -0.381 e. The average Bonchev–Trinajstić information content (AvgIpc) is 3.32. The van der Waals surface area contributed by atoms with Gasteiger partial charge in [0.2, 0.25) is 5.51 Å². The fourth-order valence-corrected chi connectivity index (χ4v) is 5.08. The van der Waals surface area contributed by atoms with E-state index < -0.39 is 0 Å². The fourth-order valence-electron chi connectivity index (χ4n) is 4.45. The zero-order chi connectivity index (χ0) is 22.8. The minimum atomic E-state index is 0.934. The molecule has 0 unspecified atom stereocenters. The molecule has 1 aromatic rings. The summed E-state index contributed by atoms with van der Waals surface area (Å²) in [6.07, 6.45) is 33.4. The van der Waals surface area contributed by atoms with E-state index in [0.717, 1.165) is 19.8 Å². The Morgan fingerprint density at radius 3 is 1.34 bits per heavy atom. The summed E-state index contributed by atoms with van der Waals surface area (Å²) in [6.45, 7) is 5.33. The molecule has 0 saturated heterocycles. The van der Waals surface area contributed by atoms with E-state index in [4.69, 9.17) is 4.74 Å². The molecule has 2 nitrogen and oxygen atoms in total. The summed E-state index contributed by atoms with van der Waals surface area (Å²) in [6, 6.07) is 0. The largest absolute Gasteiger partial charge is 0.381 e. The van der Waals surface area contributed by atoms with E-state index in [2.05, 4.69) is 28.6 Å². The van der Waals surface area contributed by atoms with Gasteiger partial charge in [-0.05, 0) is 12.8 Å². The van der Waals surface area contributed by atoms with Gasteiger partial charge in [0.25, 0.3) is 0 Å². The minimum absolute atomic E-state index is 0.934. The Kier molecular flexibility index (Phi) is 23.3. The maximum Gasteiger partial charge on any atom is 0.224 e. The van der Waals surface area contributed by atoms with Crippen LogP contribution in [-0.2, 0) is 11.3 Å². The molecular weight excluding hydrogens is 410 g/mol. The number of aryl methyl sites for hydroxylation is 1. The topological polar surface area (TPSA) is 13.1 Å². The van der Waals surface area contributed by atoms with Gasteiger partial charge in [-0.2, -0.15) is 4.57 Å². The Hall–Kier alpha value is -0.410. The molecular formula is C29H56NOS+. The first kappa shape index (κ1) is 29.6. The molecule has 0 N–H and O–H groups in total. The highest BCUT2D eigenvalue weighted by molar-refractivity contribution is 7.07. The number of hydrogen-bond acceptors (Lipinski definition) is 2. The van der Waals surface area contributed by atoms with Gasteiger partial charge in [0.05, 0.1) is 5.38 Å². The number of aromatic nitrogens is 1. The zero-order valence-electron chi connectivity index (χ0n) is 21.7. The molecule has 0 bridgehead atoms. The highest BCUT2D eigenvalue weighted by atomic mass is 32.1. The number of rotatable bonds is 26. The molecule has 0 aromatic carbocycles. The van der Waals surface area contributed by atoms with E-state index in [0.29, 0.717) is 0 Å². The molecule has 1 aromatic heterocycles. The van der Waals surface area contributed by atoms with Crippen LogP contribution in [-0.4, -0.2) is 13.2 Å². The lowest BCUT2D eigenvalue weighted by Gasteiger charge is -2.05. The van der Waals surface area contributed by atoms with Crippen LogP contribution in [0.3, 0.4) is 0 Å². The molecule has 0 radical (unpaired) electrons. The van der Waals surface area contributed by atoms with Gasteiger partial charge in [0, 0.05) is 19.6 Å². The molecule has 0 saturated carbocycles. The van der Waals surface area contributed by atoms with Gasteiger partial charge in [-0.25, -0.2) is 0 Å². The van der Waals surface area contributed by atoms with Crippen LogP contribution in [0.25, 0.3) is 0 Å². The van der Waals surface area contributed by atoms with Crippen molar-refractivity contribution in [3.8, 4) is 0 Å². The van der Waals surface area contributed by atoms with Gasteiger partial charge >= 0.3 is 0 Å². The van der Waals surface area contributed by atoms with Crippen molar-refractivity contribution < 1.29 is 9.30 Å². The van der Waals surface area contributed by atoms with Gasteiger partial charge in [-0.1, -0.05) is 140 Å². The zero-order valence-corrected chi connectivity index (χ0v) is 22.5. The highest BCUT2D eigenvalue weighted by Gasteiger charge is 1.99. The van der Waals surface area contributed by atoms with Crippen LogP contribution in [0.5, 0.6) is 0 Å². The number of unbranched alkanes of at least 4 members (excludes halogenated alkanes) is 20. The first-order chi connectivity index (χ1) is 15.9. The first-order valence-electron chi connectivity index (χ1n) is 14.4. The normalized spacial score (nSPS) is 11.4. The molecule has 0 fully saturated rings. The number of thiazole rings is 1. The lowest BCUT2D eigenvalue weighted by molar-refractivity contribution is -0.692. The van der Waals surface area contributed by atoms with E-state index in [1.165, 1.54) is 141 Å². The molecule has 0 aliphatic heterocycles. The van der Waals surface area contributed by atoms with Crippen LogP contribution in [0.2, 0.25) is 0 Å². The van der Waals surface area contributed by atoms with Crippen molar-refractivity contribution in [2.24, 2.45) is 0 Å². The van der Waals surface area contributed by atoms with Crippen molar-refractivity contribution in [3.05, 3.63) is 17.1 Å². The summed E-state index contributed by atoms with van der Waals surface area (Å²) in [4.78, 5) is 0. The van der Waals surface area contributed by atoms with Crippen molar-refractivity contribution in [2.45, 2.75) is 155 Å². The predicted octanol–water partition coefficient (Wildman–Crippen LogP) is 9.65. The molecule has 32 heavy (non-hydrogen) atoms. The Labute approximate surface area is 205 Å². The SMILES string of the molecule is CCCCCCCCCCCCCCCCCCCCCCOCCCC[n+]1ccsc1. The number of nitrogens with zero attached hydrogens (tertiary/aromatic N) is 1. The summed E-state index contributed by atoms with van der Waals surface area (Å²) >= 11 is 1.76. The second-order valence-corrected chi connectivity index (χ2v) is 10.6. The summed E-state index contributed by atoms with van der Waals surface area (Å²) in [5, 5.41) is 2.14. The van der Waals surface area contributed by atoms with E-state index in [-0.39, 0.29) is 0 Å². The Bertz CT molecular complexity index is 448. The van der Waals surface area contributed by atoms with Crippen molar-refractivity contribution in [3.63, 3.8) is 0 Å². The molecule has 0 spiro atoms. The standard InChI is InChI=1S/C29H56NOS/c1-2-3-4-5-6-7-8-9-10-11-12-13-14-15-16-17-18-19-20-22-26-31-27-23-21-24-30-25-28-32-29-30/h25,28-29H,2-24,26-27H2,1H3/q+1. The van der Waals surface area contributed by atoms with Crippen LogP contribution in [0.4, 0.5) is 0 Å². The number of hydrogen-bond donors (Lipinski definition) is 0. The van der Waals surface area contributed by atoms with E-state index in [9.17, 15) is 0 Å². The summed E-state index contributed by atoms with van der Waals surface area (Å²) in [5.41, 5.74) is 2.18. The Morgan fingerprint density at radius 2 is 0.938 bits per heavy atom. The highest BCUT2D eigenvalue weighted by Crippen LogP contribution is 2.14. The predicted molar refractivity (Wildman–Crippen MR) is 143 cm³/mol. The second kappa shape index (κ2) is 25.2. The Morgan fingerprint density at radius 1 is 0.531 bits per heavy atom. The van der Waals surface area contributed by atoms with Crippen molar-refractivity contribution >= 4 is 11.3 Å². The van der Waals surface area contributed by atoms with Gasteiger partial charge in [-0.3, -0.25) is 0 Å². The summed E-state index contributed by atoms with van der Waals surface area (Å²) < 4.78 is 8.05. The molecule has 1 heterocycles. The van der Waals surface area contributed by atoms with Crippen LogP contribution in [0, 0.1) is 0 Å². The lowest BCUT2D eigenvalue weighted by atomic mass is 10.0. The van der Waals surface area contributed by atoms with E-state index in [1.54, 1.807) is 11.3 Å². The van der Waals surface area contributed by atoms with E-state index >= 15 is 0 Å². The third kappa shape index (κ3) is 21.4. The summed E-state index contributed by atoms with van der Waals surface area (Å²) in [5.74, 6) is 0. The smallest absolute Gasteiger partial charge is 0.224 e. The molecule has 188 valence electrons. The molecule has 0 amide bonds. The molecule has 0 aliphatic rings. The van der Waals surface area contributed by atoms with Gasteiger partial charge in [0.15, 0.2) is 6.20 Å². The van der Waals surface area contributed by atoms with Crippen LogP contribution in [0.1, 0.15) is 148 Å². The molecule has 3 heteroatoms. The van der Waals surface area contributed by atoms with Gasteiger partial charge < -0.3 is 4.74 Å². The average molecular weight is 467 g/mol. The monoisotopic (exact) mass is 466 g/mol.